The fourth-order valence-corrected chi connectivity index (χ4v) is 3.47. The molecule has 1 aliphatic carbocycles. The minimum atomic E-state index is -3.61. The van der Waals surface area contributed by atoms with Gasteiger partial charge in [0.25, 0.3) is 0 Å². The molecule has 0 spiro atoms. The molecule has 9 heteroatoms. The molecule has 1 aliphatic rings. The summed E-state index contributed by atoms with van der Waals surface area (Å²) in [5, 5.41) is 10.1. The maximum absolute atomic E-state index is 12.5. The SMILES string of the molecule is Cc1[nH]nc(CNC2CC2)c1S(=O)(=O)NCc1cnc[nH]1. The Kier molecular flexibility index (Phi) is 3.79. The van der Waals surface area contributed by atoms with Gasteiger partial charge in [0.1, 0.15) is 4.90 Å². The average molecular weight is 310 g/mol. The van der Waals surface area contributed by atoms with Crippen LogP contribution in [0.1, 0.15) is 29.9 Å². The molecule has 1 fully saturated rings. The molecule has 0 amide bonds. The van der Waals surface area contributed by atoms with Crippen molar-refractivity contribution in [1.29, 1.82) is 0 Å². The van der Waals surface area contributed by atoms with E-state index in [1.54, 1.807) is 13.1 Å². The van der Waals surface area contributed by atoms with Gasteiger partial charge in [-0.3, -0.25) is 5.10 Å². The first kappa shape index (κ1) is 14.2. The molecule has 0 saturated heterocycles. The van der Waals surface area contributed by atoms with Crippen LogP contribution < -0.4 is 10.0 Å². The van der Waals surface area contributed by atoms with Gasteiger partial charge < -0.3 is 10.3 Å². The second-order valence-corrected chi connectivity index (χ2v) is 6.88. The standard InChI is InChI=1S/C12H18N6O2S/c1-8-12(11(18-17-8)6-14-9-2-3-9)21(19,20)16-5-10-4-13-7-15-10/h4,7,9,14,16H,2-3,5-6H2,1H3,(H,13,15)(H,17,18). The smallest absolute Gasteiger partial charge is 0.244 e. The van der Waals surface area contributed by atoms with Crippen LogP contribution in [0.2, 0.25) is 0 Å². The summed E-state index contributed by atoms with van der Waals surface area (Å²) in [6, 6.07) is 0.496. The lowest BCUT2D eigenvalue weighted by Gasteiger charge is -2.07. The average Bonchev–Trinajstić information content (AvgIpc) is 2.97. The van der Waals surface area contributed by atoms with E-state index in [1.807, 2.05) is 0 Å². The van der Waals surface area contributed by atoms with E-state index >= 15 is 0 Å². The van der Waals surface area contributed by atoms with Crippen LogP contribution in [0.15, 0.2) is 17.4 Å². The van der Waals surface area contributed by atoms with Gasteiger partial charge >= 0.3 is 0 Å². The number of hydrogen-bond acceptors (Lipinski definition) is 5. The Balaban J connectivity index is 1.75. The van der Waals surface area contributed by atoms with Gasteiger partial charge in [0, 0.05) is 24.5 Å². The van der Waals surface area contributed by atoms with Crippen LogP contribution in [-0.2, 0) is 23.1 Å². The van der Waals surface area contributed by atoms with Crippen LogP contribution >= 0.6 is 0 Å². The molecular formula is C12H18N6O2S. The summed E-state index contributed by atoms with van der Waals surface area (Å²) in [5.41, 5.74) is 1.77. The highest BCUT2D eigenvalue weighted by molar-refractivity contribution is 7.89. The van der Waals surface area contributed by atoms with Crippen LogP contribution in [0, 0.1) is 6.92 Å². The Labute approximate surface area is 122 Å². The number of H-pyrrole nitrogens is 2. The van der Waals surface area contributed by atoms with E-state index in [4.69, 9.17) is 0 Å². The van der Waals surface area contributed by atoms with Crippen molar-refractivity contribution >= 4 is 10.0 Å². The fourth-order valence-electron chi connectivity index (χ4n) is 2.10. The van der Waals surface area contributed by atoms with Gasteiger partial charge in [-0.2, -0.15) is 5.10 Å². The fraction of sp³-hybridized carbons (Fsp3) is 0.500. The van der Waals surface area contributed by atoms with Gasteiger partial charge in [-0.15, -0.1) is 0 Å². The molecule has 2 aromatic heterocycles. The minimum absolute atomic E-state index is 0.169. The van der Waals surface area contributed by atoms with Crippen molar-refractivity contribution in [3.05, 3.63) is 29.6 Å². The highest BCUT2D eigenvalue weighted by atomic mass is 32.2. The number of sulfonamides is 1. The van der Waals surface area contributed by atoms with E-state index in [1.165, 1.54) is 6.33 Å². The maximum atomic E-state index is 12.5. The third-order valence-electron chi connectivity index (χ3n) is 3.37. The third-order valence-corrected chi connectivity index (χ3v) is 4.98. The molecule has 2 aromatic rings. The van der Waals surface area contributed by atoms with Gasteiger partial charge in [0.15, 0.2) is 0 Å². The highest BCUT2D eigenvalue weighted by Crippen LogP contribution is 2.22. The molecule has 1 saturated carbocycles. The third kappa shape index (κ3) is 3.31. The van der Waals surface area contributed by atoms with Gasteiger partial charge in [-0.05, 0) is 19.8 Å². The molecule has 4 N–H and O–H groups in total. The number of nitrogens with zero attached hydrogens (tertiary/aromatic N) is 2. The summed E-state index contributed by atoms with van der Waals surface area (Å²) in [7, 11) is -3.61. The van der Waals surface area contributed by atoms with Gasteiger partial charge in [0.05, 0.1) is 24.3 Å². The molecule has 114 valence electrons. The summed E-state index contributed by atoms with van der Waals surface area (Å²) < 4.78 is 27.5. The molecule has 0 unspecified atom stereocenters. The van der Waals surface area contributed by atoms with E-state index in [0.717, 1.165) is 12.8 Å². The second-order valence-electron chi connectivity index (χ2n) is 5.18. The molecular weight excluding hydrogens is 292 g/mol. The number of aromatic amines is 2. The predicted molar refractivity (Wildman–Crippen MR) is 75.8 cm³/mol. The van der Waals surface area contributed by atoms with E-state index in [0.29, 0.717) is 29.7 Å². The van der Waals surface area contributed by atoms with Crippen molar-refractivity contribution in [2.24, 2.45) is 0 Å². The van der Waals surface area contributed by atoms with Gasteiger partial charge in [-0.25, -0.2) is 18.1 Å². The Morgan fingerprint density at radius 1 is 1.38 bits per heavy atom. The first-order valence-corrected chi connectivity index (χ1v) is 8.29. The zero-order valence-electron chi connectivity index (χ0n) is 11.7. The van der Waals surface area contributed by atoms with Crippen LogP contribution in [-0.4, -0.2) is 34.6 Å². The van der Waals surface area contributed by atoms with Crippen molar-refractivity contribution in [2.45, 2.75) is 43.8 Å². The minimum Gasteiger partial charge on any atom is -0.347 e. The highest BCUT2D eigenvalue weighted by Gasteiger charge is 2.26. The number of aryl methyl sites for hydroxylation is 1. The first-order chi connectivity index (χ1) is 10.1. The second kappa shape index (κ2) is 5.58. The first-order valence-electron chi connectivity index (χ1n) is 6.80. The van der Waals surface area contributed by atoms with Crippen molar-refractivity contribution < 1.29 is 8.42 Å². The van der Waals surface area contributed by atoms with Crippen LogP contribution in [0.25, 0.3) is 0 Å². The summed E-state index contributed by atoms with van der Waals surface area (Å²) >= 11 is 0. The van der Waals surface area contributed by atoms with Crippen LogP contribution in [0.3, 0.4) is 0 Å². The van der Waals surface area contributed by atoms with E-state index in [2.05, 4.69) is 30.2 Å². The lowest BCUT2D eigenvalue weighted by molar-refractivity contribution is 0.576. The summed E-state index contributed by atoms with van der Waals surface area (Å²) in [5.74, 6) is 0. The maximum Gasteiger partial charge on any atom is 0.244 e. The summed E-state index contributed by atoms with van der Waals surface area (Å²) in [6.07, 6.45) is 5.38. The largest absolute Gasteiger partial charge is 0.347 e. The molecule has 0 aromatic carbocycles. The number of hydrogen-bond donors (Lipinski definition) is 4. The lowest BCUT2D eigenvalue weighted by atomic mass is 10.3. The molecule has 3 rings (SSSR count). The van der Waals surface area contributed by atoms with E-state index in [9.17, 15) is 8.42 Å². The molecule has 0 bridgehead atoms. The number of aromatic nitrogens is 4. The van der Waals surface area contributed by atoms with Crippen LogP contribution in [0.4, 0.5) is 0 Å². The molecule has 0 atom stereocenters. The van der Waals surface area contributed by atoms with Crippen molar-refractivity contribution in [3.8, 4) is 0 Å². The summed E-state index contributed by atoms with van der Waals surface area (Å²) in [6.45, 7) is 2.33. The lowest BCUT2D eigenvalue weighted by Crippen LogP contribution is -2.26. The predicted octanol–water partition coefficient (Wildman–Crippen LogP) is 0.172. The molecule has 0 aliphatic heterocycles. The number of imidazole rings is 1. The van der Waals surface area contributed by atoms with E-state index in [-0.39, 0.29) is 11.4 Å². The Morgan fingerprint density at radius 2 is 2.19 bits per heavy atom. The topological polar surface area (TPSA) is 116 Å². The molecule has 8 nitrogen and oxygen atoms in total. The number of rotatable bonds is 7. The number of nitrogens with one attached hydrogen (secondary N) is 4. The van der Waals surface area contributed by atoms with Gasteiger partial charge in [0.2, 0.25) is 10.0 Å². The molecule has 0 radical (unpaired) electrons. The molecule has 21 heavy (non-hydrogen) atoms. The Morgan fingerprint density at radius 3 is 2.86 bits per heavy atom. The van der Waals surface area contributed by atoms with Gasteiger partial charge in [-0.1, -0.05) is 0 Å². The summed E-state index contributed by atoms with van der Waals surface area (Å²) in [4.78, 5) is 6.95. The van der Waals surface area contributed by atoms with Crippen molar-refractivity contribution in [3.63, 3.8) is 0 Å². The zero-order chi connectivity index (χ0) is 14.9. The normalized spacial score (nSPS) is 15.5. The molecule has 2 heterocycles. The van der Waals surface area contributed by atoms with Crippen molar-refractivity contribution in [1.82, 2.24) is 30.2 Å². The Bertz CT molecular complexity index is 702. The van der Waals surface area contributed by atoms with Crippen molar-refractivity contribution in [2.75, 3.05) is 0 Å². The van der Waals surface area contributed by atoms with Crippen LogP contribution in [0.5, 0.6) is 0 Å². The monoisotopic (exact) mass is 310 g/mol. The zero-order valence-corrected chi connectivity index (χ0v) is 12.5. The quantitative estimate of drug-likeness (QED) is 0.582. The van der Waals surface area contributed by atoms with E-state index < -0.39 is 10.0 Å². The Hall–Kier alpha value is -1.71.